The summed E-state index contributed by atoms with van der Waals surface area (Å²) in [5, 5.41) is 3.30. The van der Waals surface area contributed by atoms with Crippen molar-refractivity contribution >= 4 is 0 Å². The molecule has 0 aromatic carbocycles. The van der Waals surface area contributed by atoms with Gasteiger partial charge in [-0.1, -0.05) is 0 Å². The van der Waals surface area contributed by atoms with Crippen LogP contribution >= 0.6 is 0 Å². The minimum Gasteiger partial charge on any atom is -0.383 e. The van der Waals surface area contributed by atoms with Crippen molar-refractivity contribution in [2.45, 2.75) is 19.0 Å². The number of nitrogens with one attached hydrogen (secondary N) is 1. The molecule has 1 saturated heterocycles. The first-order valence-corrected chi connectivity index (χ1v) is 5.76. The highest BCUT2D eigenvalue weighted by atomic mass is 16.5. The second-order valence-corrected chi connectivity index (χ2v) is 4.53. The van der Waals surface area contributed by atoms with Crippen LogP contribution in [0, 0.1) is 0 Å². The van der Waals surface area contributed by atoms with E-state index < -0.39 is 0 Å². The van der Waals surface area contributed by atoms with E-state index in [0.717, 1.165) is 13.2 Å². The Labute approximate surface area is 93.6 Å². The first-order valence-electron chi connectivity index (χ1n) is 5.76. The van der Waals surface area contributed by atoms with Crippen LogP contribution in [0.15, 0.2) is 0 Å². The van der Waals surface area contributed by atoms with Crippen molar-refractivity contribution in [3.05, 3.63) is 0 Å². The lowest BCUT2D eigenvalue weighted by atomic mass is 10.2. The highest BCUT2D eigenvalue weighted by Crippen LogP contribution is 2.07. The Hall–Kier alpha value is -0.160. The van der Waals surface area contributed by atoms with Crippen LogP contribution in [0.4, 0.5) is 0 Å². The van der Waals surface area contributed by atoms with Gasteiger partial charge in [-0.05, 0) is 21.0 Å². The van der Waals surface area contributed by atoms with Crippen molar-refractivity contribution < 1.29 is 4.74 Å². The molecule has 2 unspecified atom stereocenters. The summed E-state index contributed by atoms with van der Waals surface area (Å²) in [4.78, 5) is 4.94. The second-order valence-electron chi connectivity index (χ2n) is 4.53. The van der Waals surface area contributed by atoms with Crippen LogP contribution in [0.2, 0.25) is 0 Å². The normalized spacial score (nSPS) is 26.8. The molecule has 90 valence electrons. The molecule has 0 bridgehead atoms. The summed E-state index contributed by atoms with van der Waals surface area (Å²) in [6, 6.07) is 1.12. The van der Waals surface area contributed by atoms with Crippen molar-refractivity contribution in [3.8, 4) is 0 Å². The van der Waals surface area contributed by atoms with Gasteiger partial charge in [-0.25, -0.2) is 0 Å². The minimum atomic E-state index is 0.450. The number of hydrogen-bond donors (Lipinski definition) is 1. The Morgan fingerprint density at radius 3 is 2.73 bits per heavy atom. The summed E-state index contributed by atoms with van der Waals surface area (Å²) in [5.41, 5.74) is 0. The van der Waals surface area contributed by atoms with Gasteiger partial charge in [0.15, 0.2) is 0 Å². The molecule has 0 saturated carbocycles. The molecule has 0 aromatic rings. The molecule has 0 spiro atoms. The highest BCUT2D eigenvalue weighted by molar-refractivity contribution is 4.79. The predicted octanol–water partition coefficient (Wildman–Crippen LogP) is -0.143. The third-order valence-corrected chi connectivity index (χ3v) is 3.30. The molecule has 1 heterocycles. The first-order chi connectivity index (χ1) is 7.17. The molecule has 4 heteroatoms. The lowest BCUT2D eigenvalue weighted by Gasteiger charge is -2.39. The van der Waals surface area contributed by atoms with Crippen LogP contribution in [0.25, 0.3) is 0 Å². The Kier molecular flexibility index (Phi) is 5.53. The van der Waals surface area contributed by atoms with Crippen LogP contribution in [0.3, 0.4) is 0 Å². The topological polar surface area (TPSA) is 27.7 Å². The van der Waals surface area contributed by atoms with E-state index in [1.807, 2.05) is 7.05 Å². The van der Waals surface area contributed by atoms with Crippen LogP contribution in [-0.4, -0.2) is 75.9 Å². The van der Waals surface area contributed by atoms with Crippen molar-refractivity contribution in [2.75, 3.05) is 54.0 Å². The Balaban J connectivity index is 2.31. The molecule has 1 aliphatic rings. The predicted molar refractivity (Wildman–Crippen MR) is 63.3 cm³/mol. The van der Waals surface area contributed by atoms with Crippen molar-refractivity contribution in [1.82, 2.24) is 15.1 Å². The molecule has 1 N–H and O–H groups in total. The molecule has 0 amide bonds. The average molecular weight is 215 g/mol. The maximum absolute atomic E-state index is 5.18. The van der Waals surface area contributed by atoms with E-state index in [1.54, 1.807) is 7.11 Å². The summed E-state index contributed by atoms with van der Waals surface area (Å²) in [6.45, 7) is 7.67. The van der Waals surface area contributed by atoms with E-state index in [9.17, 15) is 0 Å². The van der Waals surface area contributed by atoms with Gasteiger partial charge < -0.3 is 15.0 Å². The first kappa shape index (κ1) is 12.9. The number of hydrogen-bond acceptors (Lipinski definition) is 4. The van der Waals surface area contributed by atoms with Crippen molar-refractivity contribution in [2.24, 2.45) is 0 Å². The van der Waals surface area contributed by atoms with Gasteiger partial charge >= 0.3 is 0 Å². The average Bonchev–Trinajstić information content (AvgIpc) is 2.23. The molecular formula is C11H25N3O. The zero-order valence-corrected chi connectivity index (χ0v) is 10.5. The quantitative estimate of drug-likeness (QED) is 0.691. The van der Waals surface area contributed by atoms with Gasteiger partial charge in [0, 0.05) is 45.4 Å². The fourth-order valence-electron chi connectivity index (χ4n) is 2.03. The smallest absolute Gasteiger partial charge is 0.0628 e. The van der Waals surface area contributed by atoms with Gasteiger partial charge in [0.05, 0.1) is 6.61 Å². The van der Waals surface area contributed by atoms with Crippen molar-refractivity contribution in [3.63, 3.8) is 0 Å². The molecule has 1 aliphatic heterocycles. The van der Waals surface area contributed by atoms with E-state index in [2.05, 4.69) is 29.1 Å². The molecule has 15 heavy (non-hydrogen) atoms. The van der Waals surface area contributed by atoms with Crippen LogP contribution in [-0.2, 0) is 4.74 Å². The summed E-state index contributed by atoms with van der Waals surface area (Å²) in [7, 11) is 5.97. The number of ether oxygens (including phenoxy) is 1. The van der Waals surface area contributed by atoms with E-state index >= 15 is 0 Å². The van der Waals surface area contributed by atoms with Crippen LogP contribution in [0.5, 0.6) is 0 Å². The molecular weight excluding hydrogens is 190 g/mol. The van der Waals surface area contributed by atoms with Gasteiger partial charge in [0.25, 0.3) is 0 Å². The zero-order valence-electron chi connectivity index (χ0n) is 10.5. The molecule has 0 aliphatic carbocycles. The third-order valence-electron chi connectivity index (χ3n) is 3.30. The summed E-state index contributed by atoms with van der Waals surface area (Å²) in [5.74, 6) is 0. The number of piperazine rings is 1. The lowest BCUT2D eigenvalue weighted by Crippen LogP contribution is -2.53. The van der Waals surface area contributed by atoms with Gasteiger partial charge in [-0.2, -0.15) is 0 Å². The van der Waals surface area contributed by atoms with E-state index in [1.165, 1.54) is 19.6 Å². The van der Waals surface area contributed by atoms with Gasteiger partial charge in [0.1, 0.15) is 0 Å². The zero-order chi connectivity index (χ0) is 11.3. The molecule has 0 radical (unpaired) electrons. The van der Waals surface area contributed by atoms with Gasteiger partial charge in [-0.3, -0.25) is 4.90 Å². The third kappa shape index (κ3) is 4.07. The Morgan fingerprint density at radius 1 is 1.47 bits per heavy atom. The van der Waals surface area contributed by atoms with E-state index in [0.29, 0.717) is 12.1 Å². The van der Waals surface area contributed by atoms with Crippen LogP contribution < -0.4 is 5.32 Å². The Morgan fingerprint density at radius 2 is 2.20 bits per heavy atom. The maximum Gasteiger partial charge on any atom is 0.0628 e. The second kappa shape index (κ2) is 6.43. The lowest BCUT2D eigenvalue weighted by molar-refractivity contribution is 0.0813. The van der Waals surface area contributed by atoms with Crippen molar-refractivity contribution in [1.29, 1.82) is 0 Å². The monoisotopic (exact) mass is 215 g/mol. The van der Waals surface area contributed by atoms with Gasteiger partial charge in [-0.15, -0.1) is 0 Å². The SMILES string of the molecule is CNC(COC)CN1CCN(C)C(C)C1. The van der Waals surface area contributed by atoms with Gasteiger partial charge in [0.2, 0.25) is 0 Å². The minimum absolute atomic E-state index is 0.450. The standard InChI is InChI=1S/C11H25N3O/c1-10-7-14(6-5-13(10)3)8-11(12-2)9-15-4/h10-12H,5-9H2,1-4H3. The highest BCUT2D eigenvalue weighted by Gasteiger charge is 2.22. The number of methoxy groups -OCH3 is 1. The summed E-state index contributed by atoms with van der Waals surface area (Å²) in [6.07, 6.45) is 0. The fraction of sp³-hybridized carbons (Fsp3) is 1.00. The molecule has 1 fully saturated rings. The van der Waals surface area contributed by atoms with E-state index in [-0.39, 0.29) is 0 Å². The number of likely N-dealkylation sites (N-methyl/N-ethyl adjacent to an activating group) is 2. The molecule has 0 aromatic heterocycles. The summed E-state index contributed by atoms with van der Waals surface area (Å²) < 4.78 is 5.18. The molecule has 4 nitrogen and oxygen atoms in total. The van der Waals surface area contributed by atoms with Crippen LogP contribution in [0.1, 0.15) is 6.92 Å². The largest absolute Gasteiger partial charge is 0.383 e. The summed E-state index contributed by atoms with van der Waals surface area (Å²) >= 11 is 0. The molecule has 2 atom stereocenters. The maximum atomic E-state index is 5.18. The number of rotatable bonds is 5. The fourth-order valence-corrected chi connectivity index (χ4v) is 2.03. The van der Waals surface area contributed by atoms with E-state index in [4.69, 9.17) is 4.74 Å². The molecule has 1 rings (SSSR count). The number of nitrogens with zero attached hydrogens (tertiary/aromatic N) is 2. The Bertz CT molecular complexity index is 177.